The number of nitrogens with one attached hydrogen (secondary N) is 1. The summed E-state index contributed by atoms with van der Waals surface area (Å²) in [5, 5.41) is 3.14. The van der Waals surface area contributed by atoms with Gasteiger partial charge in [0, 0.05) is 25.3 Å². The van der Waals surface area contributed by atoms with Crippen LogP contribution in [0.25, 0.3) is 0 Å². The van der Waals surface area contributed by atoms with Crippen LogP contribution in [0.2, 0.25) is 0 Å². The average Bonchev–Trinajstić information content (AvgIpc) is 2.61. The molecule has 1 fully saturated rings. The normalized spacial score (nSPS) is 17.0. The number of hydrogen-bond donors (Lipinski definition) is 2. The fraction of sp³-hybridized carbons (Fsp3) is 0.632. The van der Waals surface area contributed by atoms with Crippen molar-refractivity contribution in [1.82, 2.24) is 10.2 Å². The van der Waals surface area contributed by atoms with Gasteiger partial charge >= 0.3 is 0 Å². The number of nitrogens with zero attached hydrogens (tertiary/aromatic N) is 1. The molecule has 0 aromatic heterocycles. The van der Waals surface area contributed by atoms with Crippen LogP contribution in [-0.4, -0.2) is 49.7 Å². The molecule has 0 bridgehead atoms. The van der Waals surface area contributed by atoms with Crippen LogP contribution in [0.15, 0.2) is 24.3 Å². The van der Waals surface area contributed by atoms with Gasteiger partial charge in [0.25, 0.3) is 0 Å². The average molecular weight is 333 g/mol. The lowest BCUT2D eigenvalue weighted by Crippen LogP contribution is -2.54. The third-order valence-electron chi connectivity index (χ3n) is 4.90. The minimum atomic E-state index is -0.0460. The zero-order valence-electron chi connectivity index (χ0n) is 15.0. The lowest BCUT2D eigenvalue weighted by molar-refractivity contribution is -0.130. The van der Waals surface area contributed by atoms with E-state index in [9.17, 15) is 4.79 Å². The zero-order chi connectivity index (χ0) is 17.4. The van der Waals surface area contributed by atoms with Crippen LogP contribution >= 0.6 is 0 Å². The van der Waals surface area contributed by atoms with Gasteiger partial charge in [-0.1, -0.05) is 38.8 Å². The van der Waals surface area contributed by atoms with Crippen molar-refractivity contribution in [2.75, 3.05) is 38.6 Å². The number of ether oxygens (including phenoxy) is 1. The second-order valence-electron chi connectivity index (χ2n) is 6.45. The van der Waals surface area contributed by atoms with Crippen LogP contribution in [0.5, 0.6) is 0 Å². The number of hydrogen-bond acceptors (Lipinski definition) is 4. The molecule has 1 aliphatic heterocycles. The Labute approximate surface area is 145 Å². The Hall–Kier alpha value is -1.59. The smallest absolute Gasteiger partial charge is 0.237 e. The second-order valence-corrected chi connectivity index (χ2v) is 6.45. The van der Waals surface area contributed by atoms with Crippen molar-refractivity contribution in [3.63, 3.8) is 0 Å². The van der Waals surface area contributed by atoms with E-state index in [-0.39, 0.29) is 11.9 Å². The van der Waals surface area contributed by atoms with Crippen molar-refractivity contribution < 1.29 is 9.53 Å². The highest BCUT2D eigenvalue weighted by Gasteiger charge is 2.32. The molecule has 1 heterocycles. The second kappa shape index (κ2) is 9.64. The summed E-state index contributed by atoms with van der Waals surface area (Å²) in [4.78, 5) is 15.1. The molecule has 0 spiro atoms. The number of carbonyl (C=O) groups is 1. The van der Waals surface area contributed by atoms with Gasteiger partial charge in [-0.3, -0.25) is 9.69 Å². The molecule has 1 aliphatic rings. The van der Waals surface area contributed by atoms with Gasteiger partial charge in [-0.05, 0) is 30.0 Å². The van der Waals surface area contributed by atoms with Gasteiger partial charge in [-0.25, -0.2) is 0 Å². The van der Waals surface area contributed by atoms with Gasteiger partial charge in [0.15, 0.2) is 0 Å². The quantitative estimate of drug-likeness (QED) is 0.715. The SMILES string of the molecule is CCC(CC)C(C(=O)NCCc1ccc(N)cc1)N1CCOCC1. The number of rotatable bonds is 8. The highest BCUT2D eigenvalue weighted by molar-refractivity contribution is 5.82. The Balaban J connectivity index is 1.92. The van der Waals surface area contributed by atoms with Gasteiger partial charge in [0.1, 0.15) is 0 Å². The monoisotopic (exact) mass is 333 g/mol. The first-order valence-corrected chi connectivity index (χ1v) is 9.09. The lowest BCUT2D eigenvalue weighted by atomic mass is 9.91. The Morgan fingerprint density at radius 3 is 2.42 bits per heavy atom. The summed E-state index contributed by atoms with van der Waals surface area (Å²) in [7, 11) is 0. The van der Waals surface area contributed by atoms with Gasteiger partial charge in [-0.15, -0.1) is 0 Å². The van der Waals surface area contributed by atoms with Crippen molar-refractivity contribution in [3.8, 4) is 0 Å². The van der Waals surface area contributed by atoms with Crippen LogP contribution in [0.1, 0.15) is 32.3 Å². The minimum absolute atomic E-state index is 0.0460. The number of carbonyl (C=O) groups excluding carboxylic acids is 1. The molecular formula is C19H31N3O2. The Kier molecular flexibility index (Phi) is 7.53. The van der Waals surface area contributed by atoms with Crippen LogP contribution in [0, 0.1) is 5.92 Å². The molecule has 134 valence electrons. The fourth-order valence-electron chi connectivity index (χ4n) is 3.39. The van der Waals surface area contributed by atoms with Gasteiger partial charge in [0.2, 0.25) is 5.91 Å². The van der Waals surface area contributed by atoms with Gasteiger partial charge in [-0.2, -0.15) is 0 Å². The summed E-state index contributed by atoms with van der Waals surface area (Å²) in [5.41, 5.74) is 7.66. The summed E-state index contributed by atoms with van der Waals surface area (Å²) < 4.78 is 5.44. The molecule has 5 heteroatoms. The highest BCUT2D eigenvalue weighted by Crippen LogP contribution is 2.20. The third-order valence-corrected chi connectivity index (χ3v) is 4.90. The maximum absolute atomic E-state index is 12.8. The summed E-state index contributed by atoms with van der Waals surface area (Å²) in [5.74, 6) is 0.542. The molecule has 1 unspecified atom stereocenters. The number of nitrogen functional groups attached to an aromatic ring is 1. The molecule has 0 saturated carbocycles. The summed E-state index contributed by atoms with van der Waals surface area (Å²) in [6.45, 7) is 8.11. The summed E-state index contributed by atoms with van der Waals surface area (Å²) >= 11 is 0. The maximum Gasteiger partial charge on any atom is 0.237 e. The zero-order valence-corrected chi connectivity index (χ0v) is 15.0. The van der Waals surface area contributed by atoms with Crippen LogP contribution < -0.4 is 11.1 Å². The van der Waals surface area contributed by atoms with Gasteiger partial charge < -0.3 is 15.8 Å². The molecular weight excluding hydrogens is 302 g/mol. The van der Waals surface area contributed by atoms with Gasteiger partial charge in [0.05, 0.1) is 19.3 Å². The van der Waals surface area contributed by atoms with E-state index in [1.54, 1.807) is 0 Å². The highest BCUT2D eigenvalue weighted by atomic mass is 16.5. The van der Waals surface area contributed by atoms with Crippen LogP contribution in [-0.2, 0) is 16.0 Å². The number of benzene rings is 1. The van der Waals surface area contributed by atoms with Crippen molar-refractivity contribution in [3.05, 3.63) is 29.8 Å². The summed E-state index contributed by atoms with van der Waals surface area (Å²) in [6, 6.07) is 7.79. The topological polar surface area (TPSA) is 67.6 Å². The molecule has 1 amide bonds. The Morgan fingerprint density at radius 1 is 1.21 bits per heavy atom. The van der Waals surface area contributed by atoms with Crippen molar-refractivity contribution in [1.29, 1.82) is 0 Å². The first kappa shape index (κ1) is 18.7. The molecule has 1 atom stereocenters. The first-order chi connectivity index (χ1) is 11.7. The van der Waals surface area contributed by atoms with E-state index >= 15 is 0 Å². The molecule has 24 heavy (non-hydrogen) atoms. The van der Waals surface area contributed by atoms with E-state index in [0.29, 0.717) is 12.5 Å². The molecule has 5 nitrogen and oxygen atoms in total. The predicted molar refractivity (Wildman–Crippen MR) is 97.8 cm³/mol. The largest absolute Gasteiger partial charge is 0.399 e. The van der Waals surface area contributed by atoms with Crippen molar-refractivity contribution in [2.24, 2.45) is 5.92 Å². The molecule has 1 saturated heterocycles. The first-order valence-electron chi connectivity index (χ1n) is 9.09. The minimum Gasteiger partial charge on any atom is -0.399 e. The standard InChI is InChI=1S/C19H31N3O2/c1-3-16(4-2)18(22-11-13-24-14-12-22)19(23)21-10-9-15-5-7-17(20)8-6-15/h5-8,16,18H,3-4,9-14,20H2,1-2H3,(H,21,23). The molecule has 1 aromatic rings. The molecule has 0 aliphatic carbocycles. The number of anilines is 1. The predicted octanol–water partition coefficient (Wildman–Crippen LogP) is 2.06. The molecule has 1 aromatic carbocycles. The lowest BCUT2D eigenvalue weighted by Gasteiger charge is -2.37. The molecule has 0 radical (unpaired) electrons. The van der Waals surface area contributed by atoms with E-state index in [0.717, 1.165) is 51.3 Å². The number of morpholine rings is 1. The molecule has 2 rings (SSSR count). The molecule has 3 N–H and O–H groups in total. The number of amides is 1. The Morgan fingerprint density at radius 2 is 1.83 bits per heavy atom. The summed E-state index contributed by atoms with van der Waals surface area (Å²) in [6.07, 6.45) is 2.86. The van der Waals surface area contributed by atoms with Crippen LogP contribution in [0.4, 0.5) is 5.69 Å². The van der Waals surface area contributed by atoms with E-state index < -0.39 is 0 Å². The number of nitrogens with two attached hydrogens (primary N) is 1. The van der Waals surface area contributed by atoms with E-state index in [1.807, 2.05) is 24.3 Å². The van der Waals surface area contributed by atoms with Crippen LogP contribution in [0.3, 0.4) is 0 Å². The maximum atomic E-state index is 12.8. The van der Waals surface area contributed by atoms with E-state index in [2.05, 4.69) is 24.1 Å². The van der Waals surface area contributed by atoms with Crippen molar-refractivity contribution in [2.45, 2.75) is 39.2 Å². The van der Waals surface area contributed by atoms with Crippen molar-refractivity contribution >= 4 is 11.6 Å². The van der Waals surface area contributed by atoms with E-state index in [4.69, 9.17) is 10.5 Å². The Bertz CT molecular complexity index is 494. The fourth-order valence-corrected chi connectivity index (χ4v) is 3.39. The van der Waals surface area contributed by atoms with E-state index in [1.165, 1.54) is 5.56 Å². The third kappa shape index (κ3) is 5.21.